The minimum atomic E-state index is -0.742. The molecule has 3 aromatic rings. The Morgan fingerprint density at radius 1 is 1.03 bits per heavy atom. The molecule has 29 heavy (non-hydrogen) atoms. The molecule has 0 aliphatic carbocycles. The first-order valence-corrected chi connectivity index (χ1v) is 9.84. The van der Waals surface area contributed by atoms with Crippen molar-refractivity contribution in [1.29, 1.82) is 0 Å². The highest BCUT2D eigenvalue weighted by molar-refractivity contribution is 5.66. The van der Waals surface area contributed by atoms with Crippen LogP contribution in [0.1, 0.15) is 36.8 Å². The molecule has 0 saturated heterocycles. The van der Waals surface area contributed by atoms with Crippen molar-refractivity contribution in [2.45, 2.75) is 38.8 Å². The first-order valence-electron chi connectivity index (χ1n) is 9.84. The summed E-state index contributed by atoms with van der Waals surface area (Å²) in [6, 6.07) is 15.7. The van der Waals surface area contributed by atoms with Gasteiger partial charge in [-0.1, -0.05) is 24.3 Å². The van der Waals surface area contributed by atoms with Crippen LogP contribution in [0.4, 0.5) is 0 Å². The number of ether oxygens (including phenoxy) is 1. The van der Waals surface area contributed by atoms with E-state index in [-0.39, 0.29) is 6.42 Å². The lowest BCUT2D eigenvalue weighted by molar-refractivity contribution is -0.137. The van der Waals surface area contributed by atoms with Crippen LogP contribution < -0.4 is 10.1 Å². The van der Waals surface area contributed by atoms with Crippen molar-refractivity contribution in [3.63, 3.8) is 0 Å². The molecule has 0 aliphatic rings. The monoisotopic (exact) mass is 394 g/mol. The normalized spacial score (nSPS) is 10.8. The molecular formula is C23H26N2O4. The highest BCUT2D eigenvalue weighted by Crippen LogP contribution is 2.19. The number of benzene rings is 1. The van der Waals surface area contributed by atoms with E-state index in [2.05, 4.69) is 10.3 Å². The molecule has 2 aromatic heterocycles. The molecule has 0 unspecified atom stereocenters. The molecule has 152 valence electrons. The molecule has 6 nitrogen and oxygen atoms in total. The van der Waals surface area contributed by atoms with Crippen molar-refractivity contribution >= 4 is 5.97 Å². The Hall–Kier alpha value is -3.12. The number of aliphatic carboxylic acids is 1. The second-order valence-electron chi connectivity index (χ2n) is 6.79. The predicted molar refractivity (Wildman–Crippen MR) is 111 cm³/mol. The molecule has 3 rings (SSSR count). The molecule has 0 amide bonds. The Labute approximate surface area is 170 Å². The number of unbranched alkanes of at least 4 members (excludes halogenated alkanes) is 2. The molecule has 1 aromatic carbocycles. The van der Waals surface area contributed by atoms with Crippen molar-refractivity contribution in [1.82, 2.24) is 10.3 Å². The minimum Gasteiger partial charge on any atom is -0.493 e. The van der Waals surface area contributed by atoms with Gasteiger partial charge in [0.15, 0.2) is 5.76 Å². The SMILES string of the molecule is O=C(O)CCCCCOc1ccccc1CNCc1ccc(-c2ccco2)nc1. The van der Waals surface area contributed by atoms with Gasteiger partial charge in [-0.25, -0.2) is 0 Å². The molecule has 2 N–H and O–H groups in total. The lowest BCUT2D eigenvalue weighted by Gasteiger charge is -2.12. The fourth-order valence-electron chi connectivity index (χ4n) is 2.97. The standard InChI is InChI=1S/C23H26N2O4/c26-23(27)10-2-1-5-13-28-21-8-4-3-7-19(21)17-24-15-18-11-12-20(25-16-18)22-9-6-14-29-22/h3-4,6-9,11-12,14,16,24H,1-2,5,10,13,15,17H2,(H,26,27). The first kappa shape index (κ1) is 20.6. The van der Waals surface area contributed by atoms with Crippen molar-refractivity contribution < 1.29 is 19.1 Å². The van der Waals surface area contributed by atoms with Crippen LogP contribution >= 0.6 is 0 Å². The Bertz CT molecular complexity index is 876. The molecule has 0 radical (unpaired) electrons. The Morgan fingerprint density at radius 3 is 2.69 bits per heavy atom. The predicted octanol–water partition coefficient (Wildman–Crippen LogP) is 4.66. The van der Waals surface area contributed by atoms with Crippen molar-refractivity contribution in [3.05, 3.63) is 72.1 Å². The molecule has 0 saturated carbocycles. The summed E-state index contributed by atoms with van der Waals surface area (Å²) < 4.78 is 11.3. The van der Waals surface area contributed by atoms with Gasteiger partial charge in [-0.15, -0.1) is 0 Å². The van der Waals surface area contributed by atoms with Crippen LogP contribution in [0.25, 0.3) is 11.5 Å². The number of pyridine rings is 1. The van der Waals surface area contributed by atoms with Gasteiger partial charge in [0.05, 0.1) is 12.9 Å². The van der Waals surface area contributed by atoms with Crippen LogP contribution in [0.2, 0.25) is 0 Å². The average molecular weight is 394 g/mol. The Kier molecular flexibility index (Phi) is 7.83. The maximum atomic E-state index is 10.5. The van der Waals surface area contributed by atoms with E-state index in [1.54, 1.807) is 6.26 Å². The summed E-state index contributed by atoms with van der Waals surface area (Å²) in [5.74, 6) is 0.885. The van der Waals surface area contributed by atoms with Crippen LogP contribution in [0.3, 0.4) is 0 Å². The number of hydrogen-bond donors (Lipinski definition) is 2. The van der Waals surface area contributed by atoms with Crippen molar-refractivity contribution in [3.8, 4) is 17.2 Å². The molecule has 0 atom stereocenters. The third kappa shape index (κ3) is 6.76. The van der Waals surface area contributed by atoms with E-state index >= 15 is 0 Å². The van der Waals surface area contributed by atoms with E-state index in [1.807, 2.05) is 54.7 Å². The van der Waals surface area contributed by atoms with E-state index in [0.29, 0.717) is 26.1 Å². The number of rotatable bonds is 12. The van der Waals surface area contributed by atoms with Gasteiger partial charge in [-0.05, 0) is 49.1 Å². The zero-order chi connectivity index (χ0) is 20.3. The van der Waals surface area contributed by atoms with Gasteiger partial charge < -0.3 is 19.6 Å². The van der Waals surface area contributed by atoms with Crippen LogP contribution in [-0.4, -0.2) is 22.7 Å². The molecule has 6 heteroatoms. The highest BCUT2D eigenvalue weighted by Gasteiger charge is 2.05. The second kappa shape index (κ2) is 11.0. The van der Waals surface area contributed by atoms with Gasteiger partial charge in [0.25, 0.3) is 0 Å². The van der Waals surface area contributed by atoms with E-state index in [9.17, 15) is 4.79 Å². The Balaban J connectivity index is 1.43. The number of carbonyl (C=O) groups is 1. The summed E-state index contributed by atoms with van der Waals surface area (Å²) in [6.07, 6.45) is 6.11. The first-order chi connectivity index (χ1) is 14.2. The van der Waals surface area contributed by atoms with Gasteiger partial charge in [-0.2, -0.15) is 0 Å². The van der Waals surface area contributed by atoms with Crippen molar-refractivity contribution in [2.24, 2.45) is 0 Å². The fraction of sp³-hybridized carbons (Fsp3) is 0.304. The van der Waals surface area contributed by atoms with E-state index < -0.39 is 5.97 Å². The summed E-state index contributed by atoms with van der Waals surface area (Å²) in [5.41, 5.74) is 3.01. The second-order valence-corrected chi connectivity index (χ2v) is 6.79. The fourth-order valence-corrected chi connectivity index (χ4v) is 2.97. The molecule has 0 bridgehead atoms. The summed E-state index contributed by atoms with van der Waals surface area (Å²) in [4.78, 5) is 15.0. The number of carboxylic acids is 1. The number of furan rings is 1. The summed E-state index contributed by atoms with van der Waals surface area (Å²) in [6.45, 7) is 1.98. The molecule has 0 spiro atoms. The van der Waals surface area contributed by atoms with Gasteiger partial charge >= 0.3 is 5.97 Å². The van der Waals surface area contributed by atoms with Gasteiger partial charge in [-0.3, -0.25) is 9.78 Å². The van der Waals surface area contributed by atoms with Crippen LogP contribution in [0, 0.1) is 0 Å². The Morgan fingerprint density at radius 2 is 1.93 bits per heavy atom. The minimum absolute atomic E-state index is 0.220. The highest BCUT2D eigenvalue weighted by atomic mass is 16.5. The molecule has 2 heterocycles. The number of para-hydroxylation sites is 1. The van der Waals surface area contributed by atoms with Crippen LogP contribution in [0.5, 0.6) is 5.75 Å². The topological polar surface area (TPSA) is 84.6 Å². The smallest absolute Gasteiger partial charge is 0.303 e. The number of aromatic nitrogens is 1. The van der Waals surface area contributed by atoms with Crippen LogP contribution in [-0.2, 0) is 17.9 Å². The summed E-state index contributed by atoms with van der Waals surface area (Å²) in [7, 11) is 0. The van der Waals surface area contributed by atoms with Crippen LogP contribution in [0.15, 0.2) is 65.4 Å². The van der Waals surface area contributed by atoms with Gasteiger partial charge in [0, 0.05) is 31.3 Å². The number of carboxylic acid groups (broad SMARTS) is 1. The average Bonchev–Trinajstić information content (AvgIpc) is 3.27. The van der Waals surface area contributed by atoms with Gasteiger partial charge in [0.2, 0.25) is 0 Å². The summed E-state index contributed by atoms with van der Waals surface area (Å²) in [5, 5.41) is 12.1. The quantitative estimate of drug-likeness (QED) is 0.435. The number of nitrogens with zero attached hydrogens (tertiary/aromatic N) is 1. The van der Waals surface area contributed by atoms with E-state index in [4.69, 9.17) is 14.3 Å². The summed E-state index contributed by atoms with van der Waals surface area (Å²) >= 11 is 0. The molecule has 0 fully saturated rings. The lowest BCUT2D eigenvalue weighted by atomic mass is 10.2. The zero-order valence-corrected chi connectivity index (χ0v) is 16.3. The van der Waals surface area contributed by atoms with Crippen molar-refractivity contribution in [2.75, 3.05) is 6.61 Å². The van der Waals surface area contributed by atoms with E-state index in [1.165, 1.54) is 0 Å². The van der Waals surface area contributed by atoms with E-state index in [0.717, 1.165) is 41.2 Å². The zero-order valence-electron chi connectivity index (χ0n) is 16.3. The lowest BCUT2D eigenvalue weighted by Crippen LogP contribution is -2.14. The largest absolute Gasteiger partial charge is 0.493 e. The third-order valence-corrected chi connectivity index (χ3v) is 4.51. The van der Waals surface area contributed by atoms with Gasteiger partial charge in [0.1, 0.15) is 11.4 Å². The number of hydrogen-bond acceptors (Lipinski definition) is 5. The third-order valence-electron chi connectivity index (χ3n) is 4.51. The number of nitrogens with one attached hydrogen (secondary N) is 1. The molecule has 0 aliphatic heterocycles. The molecular weight excluding hydrogens is 368 g/mol. The maximum absolute atomic E-state index is 10.5. The maximum Gasteiger partial charge on any atom is 0.303 e.